The van der Waals surface area contributed by atoms with Crippen molar-refractivity contribution >= 4 is 11.5 Å². The van der Waals surface area contributed by atoms with Crippen molar-refractivity contribution in [1.29, 1.82) is 0 Å². The van der Waals surface area contributed by atoms with E-state index in [-0.39, 0.29) is 5.41 Å². The molecule has 3 nitrogen and oxygen atoms in total. The van der Waals surface area contributed by atoms with Gasteiger partial charge in [-0.05, 0) is 37.3 Å². The highest BCUT2D eigenvalue weighted by atomic mass is 32.1. The molecule has 0 aliphatic heterocycles. The zero-order valence-corrected chi connectivity index (χ0v) is 11.4. The molecular formula is C12H21N3S. The molecule has 1 fully saturated rings. The fourth-order valence-corrected chi connectivity index (χ4v) is 3.34. The number of rotatable bonds is 3. The first-order valence-electron chi connectivity index (χ1n) is 6.04. The first-order valence-corrected chi connectivity index (χ1v) is 6.81. The SMILES string of the molecule is CNC(c1snnc1C(C)(C)C)C1CCC1. The van der Waals surface area contributed by atoms with E-state index < -0.39 is 0 Å². The molecule has 0 radical (unpaired) electrons. The molecule has 2 rings (SSSR count). The van der Waals surface area contributed by atoms with Crippen molar-refractivity contribution in [3.63, 3.8) is 0 Å². The molecule has 1 heterocycles. The lowest BCUT2D eigenvalue weighted by molar-refractivity contribution is 0.240. The fraction of sp³-hybridized carbons (Fsp3) is 0.833. The van der Waals surface area contributed by atoms with Crippen LogP contribution in [0.2, 0.25) is 0 Å². The molecule has 4 heteroatoms. The van der Waals surface area contributed by atoms with E-state index >= 15 is 0 Å². The Labute approximate surface area is 102 Å². The second kappa shape index (κ2) is 4.41. The molecule has 1 aliphatic carbocycles. The quantitative estimate of drug-likeness (QED) is 0.881. The summed E-state index contributed by atoms with van der Waals surface area (Å²) in [7, 11) is 2.05. The predicted octanol–water partition coefficient (Wildman–Crippen LogP) is 2.90. The molecular weight excluding hydrogens is 218 g/mol. The normalized spacial score (nSPS) is 19.5. The topological polar surface area (TPSA) is 37.8 Å². The van der Waals surface area contributed by atoms with Crippen molar-refractivity contribution in [2.75, 3.05) is 7.05 Å². The molecule has 90 valence electrons. The molecule has 1 atom stereocenters. The van der Waals surface area contributed by atoms with Gasteiger partial charge in [0.25, 0.3) is 0 Å². The third-order valence-corrected chi connectivity index (χ3v) is 4.25. The van der Waals surface area contributed by atoms with Crippen LogP contribution < -0.4 is 5.32 Å². The van der Waals surface area contributed by atoms with Crippen molar-refractivity contribution < 1.29 is 0 Å². The van der Waals surface area contributed by atoms with Crippen LogP contribution in [-0.4, -0.2) is 16.6 Å². The third-order valence-electron chi connectivity index (χ3n) is 3.44. The number of nitrogens with zero attached hydrogens (tertiary/aromatic N) is 2. The summed E-state index contributed by atoms with van der Waals surface area (Å²) in [6, 6.07) is 0.461. The van der Waals surface area contributed by atoms with E-state index in [4.69, 9.17) is 0 Å². The average molecular weight is 239 g/mol. The van der Waals surface area contributed by atoms with E-state index in [9.17, 15) is 0 Å². The van der Waals surface area contributed by atoms with E-state index in [0.717, 1.165) is 5.92 Å². The Hall–Kier alpha value is -0.480. The first kappa shape index (κ1) is 12.0. The Bertz CT molecular complexity index is 349. The lowest BCUT2D eigenvalue weighted by Gasteiger charge is -2.34. The third kappa shape index (κ3) is 2.13. The standard InChI is InChI=1S/C12H21N3S/c1-12(2,3)11-10(16-15-14-11)9(13-4)8-6-5-7-8/h8-9,13H,5-7H2,1-4H3. The van der Waals surface area contributed by atoms with Gasteiger partial charge in [-0.1, -0.05) is 31.7 Å². The smallest absolute Gasteiger partial charge is 0.0857 e. The molecule has 1 aliphatic rings. The molecule has 1 aromatic heterocycles. The minimum Gasteiger partial charge on any atom is -0.312 e. The maximum Gasteiger partial charge on any atom is 0.0857 e. The van der Waals surface area contributed by atoms with Gasteiger partial charge in [0.1, 0.15) is 0 Å². The fourth-order valence-electron chi connectivity index (χ4n) is 2.28. The maximum atomic E-state index is 4.33. The Morgan fingerprint density at radius 2 is 2.06 bits per heavy atom. The number of hydrogen-bond donors (Lipinski definition) is 1. The zero-order chi connectivity index (χ0) is 11.8. The van der Waals surface area contributed by atoms with Gasteiger partial charge in [-0.15, -0.1) is 5.10 Å². The summed E-state index contributed by atoms with van der Waals surface area (Å²) in [4.78, 5) is 1.35. The van der Waals surface area contributed by atoms with E-state index in [2.05, 4.69) is 42.7 Å². The van der Waals surface area contributed by atoms with Gasteiger partial charge >= 0.3 is 0 Å². The van der Waals surface area contributed by atoms with E-state index in [1.165, 1.54) is 29.8 Å². The second-order valence-corrected chi connectivity index (χ2v) is 6.48. The minimum atomic E-state index is 0.0984. The van der Waals surface area contributed by atoms with Gasteiger partial charge in [0.15, 0.2) is 0 Å². The van der Waals surface area contributed by atoms with Crippen LogP contribution in [0.3, 0.4) is 0 Å². The Balaban J connectivity index is 2.27. The largest absolute Gasteiger partial charge is 0.312 e. The highest BCUT2D eigenvalue weighted by Gasteiger charge is 2.33. The summed E-state index contributed by atoms with van der Waals surface area (Å²) >= 11 is 1.56. The van der Waals surface area contributed by atoms with Gasteiger partial charge in [0, 0.05) is 11.5 Å². The van der Waals surface area contributed by atoms with Crippen molar-refractivity contribution in [3.05, 3.63) is 10.6 Å². The molecule has 1 aromatic rings. The van der Waals surface area contributed by atoms with E-state index in [0.29, 0.717) is 6.04 Å². The average Bonchev–Trinajstić information content (AvgIpc) is 2.57. The molecule has 0 saturated heterocycles. The van der Waals surface area contributed by atoms with Gasteiger partial charge in [-0.25, -0.2) is 0 Å². The summed E-state index contributed by atoms with van der Waals surface area (Å²) in [5.41, 5.74) is 1.27. The number of hydrogen-bond acceptors (Lipinski definition) is 4. The van der Waals surface area contributed by atoms with Gasteiger partial charge < -0.3 is 5.32 Å². The van der Waals surface area contributed by atoms with Crippen molar-refractivity contribution in [3.8, 4) is 0 Å². The van der Waals surface area contributed by atoms with E-state index in [1.54, 1.807) is 11.5 Å². The highest BCUT2D eigenvalue weighted by molar-refractivity contribution is 7.05. The maximum absolute atomic E-state index is 4.33. The Kier molecular flexibility index (Phi) is 3.31. The van der Waals surface area contributed by atoms with Gasteiger partial charge in [0.05, 0.1) is 10.6 Å². The number of aromatic nitrogens is 2. The number of nitrogens with one attached hydrogen (secondary N) is 1. The second-order valence-electron chi connectivity index (χ2n) is 5.69. The van der Waals surface area contributed by atoms with Crippen LogP contribution in [0.15, 0.2) is 0 Å². The molecule has 1 unspecified atom stereocenters. The van der Waals surface area contributed by atoms with Crippen molar-refractivity contribution in [1.82, 2.24) is 14.9 Å². The molecule has 0 bridgehead atoms. The summed E-state index contributed by atoms with van der Waals surface area (Å²) in [6.45, 7) is 6.63. The summed E-state index contributed by atoms with van der Waals surface area (Å²) in [6.07, 6.45) is 4.06. The lowest BCUT2D eigenvalue weighted by atomic mass is 9.77. The van der Waals surface area contributed by atoms with Gasteiger partial charge in [-0.3, -0.25) is 0 Å². The van der Waals surface area contributed by atoms with Crippen LogP contribution in [-0.2, 0) is 5.41 Å². The van der Waals surface area contributed by atoms with Gasteiger partial charge in [-0.2, -0.15) is 0 Å². The summed E-state index contributed by atoms with van der Waals surface area (Å²) in [5.74, 6) is 0.786. The summed E-state index contributed by atoms with van der Waals surface area (Å²) < 4.78 is 4.15. The Morgan fingerprint density at radius 1 is 1.38 bits per heavy atom. The van der Waals surface area contributed by atoms with Crippen LogP contribution in [0.5, 0.6) is 0 Å². The van der Waals surface area contributed by atoms with Crippen molar-refractivity contribution in [2.45, 2.75) is 51.5 Å². The van der Waals surface area contributed by atoms with E-state index in [1.807, 2.05) is 0 Å². The Morgan fingerprint density at radius 3 is 2.50 bits per heavy atom. The molecule has 0 spiro atoms. The highest BCUT2D eigenvalue weighted by Crippen LogP contribution is 2.41. The molecule has 1 N–H and O–H groups in total. The van der Waals surface area contributed by atoms with Gasteiger partial charge in [0.2, 0.25) is 0 Å². The minimum absolute atomic E-state index is 0.0984. The van der Waals surface area contributed by atoms with Crippen LogP contribution in [0.25, 0.3) is 0 Å². The monoisotopic (exact) mass is 239 g/mol. The molecule has 0 amide bonds. The van der Waals surface area contributed by atoms with Crippen molar-refractivity contribution in [2.24, 2.45) is 5.92 Å². The predicted molar refractivity (Wildman–Crippen MR) is 67.8 cm³/mol. The molecule has 1 saturated carbocycles. The van der Waals surface area contributed by atoms with Crippen LogP contribution in [0, 0.1) is 5.92 Å². The van der Waals surface area contributed by atoms with Crippen LogP contribution >= 0.6 is 11.5 Å². The molecule has 16 heavy (non-hydrogen) atoms. The zero-order valence-electron chi connectivity index (χ0n) is 10.6. The van der Waals surface area contributed by atoms with Crippen LogP contribution in [0.1, 0.15) is 56.6 Å². The first-order chi connectivity index (χ1) is 7.54. The summed E-state index contributed by atoms with van der Waals surface area (Å²) in [5, 5.41) is 7.77. The molecule has 0 aromatic carbocycles. The lowest BCUT2D eigenvalue weighted by Crippen LogP contribution is -2.31. The van der Waals surface area contributed by atoms with Crippen LogP contribution in [0.4, 0.5) is 0 Å².